The molecule has 0 aliphatic carbocycles. The standard InChI is InChI=1S/C16H21BrClN3/c1-5-13-16(18)15(21(4)20-13)9-14(19-3)12-7-6-11(17)8-10(12)2/h6-8,14,19H,5,9H2,1-4H3. The topological polar surface area (TPSA) is 29.9 Å². The molecule has 1 aromatic carbocycles. The van der Waals surface area contributed by atoms with E-state index in [1.807, 2.05) is 18.8 Å². The van der Waals surface area contributed by atoms with Crippen molar-refractivity contribution in [1.29, 1.82) is 0 Å². The maximum Gasteiger partial charge on any atom is 0.0850 e. The van der Waals surface area contributed by atoms with Crippen molar-refractivity contribution in [3.63, 3.8) is 0 Å². The second-order valence-corrected chi connectivity index (χ2v) is 6.52. The van der Waals surface area contributed by atoms with Crippen molar-refractivity contribution in [2.45, 2.75) is 32.7 Å². The minimum absolute atomic E-state index is 0.218. The Bertz CT molecular complexity index is 637. The number of rotatable bonds is 5. The summed E-state index contributed by atoms with van der Waals surface area (Å²) in [5.74, 6) is 0. The van der Waals surface area contributed by atoms with Crippen LogP contribution in [0, 0.1) is 6.92 Å². The van der Waals surface area contributed by atoms with Gasteiger partial charge in [0.1, 0.15) is 0 Å². The first kappa shape index (κ1) is 16.5. The fraction of sp³-hybridized carbons (Fsp3) is 0.438. The third-order valence-corrected chi connectivity index (χ3v) is 4.79. The molecule has 1 atom stereocenters. The van der Waals surface area contributed by atoms with Crippen molar-refractivity contribution in [2.75, 3.05) is 7.05 Å². The molecule has 0 spiro atoms. The van der Waals surface area contributed by atoms with Crippen LogP contribution in [0.25, 0.3) is 0 Å². The highest BCUT2D eigenvalue weighted by atomic mass is 79.9. The van der Waals surface area contributed by atoms with Crippen molar-refractivity contribution in [1.82, 2.24) is 15.1 Å². The van der Waals surface area contributed by atoms with E-state index in [0.29, 0.717) is 0 Å². The molecule has 0 saturated heterocycles. The van der Waals surface area contributed by atoms with Gasteiger partial charge in [-0.25, -0.2) is 0 Å². The minimum Gasteiger partial charge on any atom is -0.313 e. The molecule has 0 aliphatic heterocycles. The maximum absolute atomic E-state index is 6.46. The molecule has 0 radical (unpaired) electrons. The van der Waals surface area contributed by atoms with E-state index in [1.54, 1.807) is 0 Å². The molecule has 0 aliphatic rings. The van der Waals surface area contributed by atoms with Gasteiger partial charge in [0.2, 0.25) is 0 Å². The highest BCUT2D eigenvalue weighted by Gasteiger charge is 2.19. The lowest BCUT2D eigenvalue weighted by Gasteiger charge is -2.19. The van der Waals surface area contributed by atoms with Crippen LogP contribution in [0.2, 0.25) is 5.02 Å². The zero-order valence-electron chi connectivity index (χ0n) is 12.9. The van der Waals surface area contributed by atoms with Gasteiger partial charge >= 0.3 is 0 Å². The van der Waals surface area contributed by atoms with Gasteiger partial charge in [0.25, 0.3) is 0 Å². The Morgan fingerprint density at radius 3 is 2.67 bits per heavy atom. The van der Waals surface area contributed by atoms with E-state index in [9.17, 15) is 0 Å². The van der Waals surface area contributed by atoms with Gasteiger partial charge in [0.05, 0.1) is 16.4 Å². The van der Waals surface area contributed by atoms with Crippen LogP contribution < -0.4 is 5.32 Å². The Morgan fingerprint density at radius 2 is 2.14 bits per heavy atom. The number of halogens is 2. The molecule has 21 heavy (non-hydrogen) atoms. The van der Waals surface area contributed by atoms with Crippen LogP contribution in [-0.2, 0) is 19.9 Å². The number of aryl methyl sites for hydroxylation is 3. The molecule has 114 valence electrons. The van der Waals surface area contributed by atoms with Gasteiger partial charge in [-0.3, -0.25) is 4.68 Å². The zero-order valence-corrected chi connectivity index (χ0v) is 15.2. The van der Waals surface area contributed by atoms with Gasteiger partial charge in [-0.15, -0.1) is 0 Å². The van der Waals surface area contributed by atoms with Crippen LogP contribution in [0.3, 0.4) is 0 Å². The Kier molecular flexibility index (Phi) is 5.47. The van der Waals surface area contributed by atoms with Gasteiger partial charge in [-0.2, -0.15) is 5.10 Å². The summed E-state index contributed by atoms with van der Waals surface area (Å²) in [6, 6.07) is 6.60. The lowest BCUT2D eigenvalue weighted by molar-refractivity contribution is 0.559. The first-order valence-corrected chi connectivity index (χ1v) is 8.28. The monoisotopic (exact) mass is 369 g/mol. The Hall–Kier alpha value is -0.840. The third-order valence-electron chi connectivity index (χ3n) is 3.86. The molecule has 0 bridgehead atoms. The summed E-state index contributed by atoms with van der Waals surface area (Å²) in [4.78, 5) is 0. The molecular formula is C16H21BrClN3. The summed E-state index contributed by atoms with van der Waals surface area (Å²) < 4.78 is 3.00. The van der Waals surface area contributed by atoms with Gasteiger partial charge in [-0.05, 0) is 43.7 Å². The second kappa shape index (κ2) is 6.95. The third kappa shape index (κ3) is 3.50. The van der Waals surface area contributed by atoms with Crippen molar-refractivity contribution in [2.24, 2.45) is 7.05 Å². The molecule has 1 aromatic heterocycles. The maximum atomic E-state index is 6.46. The Balaban J connectivity index is 2.33. The van der Waals surface area contributed by atoms with Crippen LogP contribution in [0.5, 0.6) is 0 Å². The number of hydrogen-bond donors (Lipinski definition) is 1. The minimum atomic E-state index is 0.218. The second-order valence-electron chi connectivity index (χ2n) is 5.23. The quantitative estimate of drug-likeness (QED) is 0.854. The van der Waals surface area contributed by atoms with Crippen LogP contribution in [0.1, 0.15) is 35.5 Å². The number of nitrogens with one attached hydrogen (secondary N) is 1. The summed E-state index contributed by atoms with van der Waals surface area (Å²) in [6.45, 7) is 4.21. The first-order valence-electron chi connectivity index (χ1n) is 7.11. The SMILES string of the molecule is CCc1nn(C)c(CC(NC)c2ccc(Br)cc2C)c1Cl. The van der Waals surface area contributed by atoms with Crippen molar-refractivity contribution in [3.05, 3.63) is 50.2 Å². The molecule has 2 rings (SSSR count). The zero-order chi connectivity index (χ0) is 15.6. The molecule has 0 saturated carbocycles. The Morgan fingerprint density at radius 1 is 1.43 bits per heavy atom. The van der Waals surface area contributed by atoms with Crippen LogP contribution in [0.4, 0.5) is 0 Å². The van der Waals surface area contributed by atoms with Gasteiger partial charge in [0, 0.05) is 24.0 Å². The average Bonchev–Trinajstić information content (AvgIpc) is 2.72. The van der Waals surface area contributed by atoms with E-state index < -0.39 is 0 Å². The number of aromatic nitrogens is 2. The number of benzene rings is 1. The van der Waals surface area contributed by atoms with E-state index in [4.69, 9.17) is 11.6 Å². The molecule has 1 unspecified atom stereocenters. The normalized spacial score (nSPS) is 12.7. The fourth-order valence-electron chi connectivity index (χ4n) is 2.63. The molecule has 1 N–H and O–H groups in total. The summed E-state index contributed by atoms with van der Waals surface area (Å²) >= 11 is 9.98. The predicted molar refractivity (Wildman–Crippen MR) is 92.0 cm³/mol. The van der Waals surface area contributed by atoms with Crippen molar-refractivity contribution in [3.8, 4) is 0 Å². The lowest BCUT2D eigenvalue weighted by Crippen LogP contribution is -2.21. The van der Waals surface area contributed by atoms with Crippen LogP contribution in [0.15, 0.2) is 22.7 Å². The highest BCUT2D eigenvalue weighted by Crippen LogP contribution is 2.28. The molecule has 1 heterocycles. The lowest BCUT2D eigenvalue weighted by atomic mass is 9.97. The molecule has 0 fully saturated rings. The summed E-state index contributed by atoms with van der Waals surface area (Å²) in [7, 11) is 3.94. The van der Waals surface area contributed by atoms with Crippen molar-refractivity contribution < 1.29 is 0 Å². The Labute approximate surface area is 139 Å². The van der Waals surface area contributed by atoms with E-state index in [0.717, 1.165) is 33.7 Å². The molecular weight excluding hydrogens is 350 g/mol. The van der Waals surface area contributed by atoms with Crippen LogP contribution in [-0.4, -0.2) is 16.8 Å². The summed E-state index contributed by atoms with van der Waals surface area (Å²) in [5, 5.41) is 8.69. The fourth-order valence-corrected chi connectivity index (χ4v) is 3.48. The molecule has 0 amide bonds. The van der Waals surface area contributed by atoms with E-state index in [2.05, 4.69) is 58.4 Å². The predicted octanol–water partition coefficient (Wildman–Crippen LogP) is 4.21. The average molecular weight is 371 g/mol. The highest BCUT2D eigenvalue weighted by molar-refractivity contribution is 9.10. The summed E-state index contributed by atoms with van der Waals surface area (Å²) in [6.07, 6.45) is 1.68. The first-order chi connectivity index (χ1) is 9.97. The largest absolute Gasteiger partial charge is 0.313 e. The van der Waals surface area contributed by atoms with Crippen molar-refractivity contribution >= 4 is 27.5 Å². The van der Waals surface area contributed by atoms with Crippen LogP contribution >= 0.6 is 27.5 Å². The smallest absolute Gasteiger partial charge is 0.0850 e. The van der Waals surface area contributed by atoms with Gasteiger partial charge < -0.3 is 5.32 Å². The number of hydrogen-bond acceptors (Lipinski definition) is 2. The number of likely N-dealkylation sites (N-methyl/N-ethyl adjacent to an activating group) is 1. The molecule has 2 aromatic rings. The van der Waals surface area contributed by atoms with E-state index >= 15 is 0 Å². The number of nitrogens with zero attached hydrogens (tertiary/aromatic N) is 2. The van der Waals surface area contributed by atoms with E-state index in [1.165, 1.54) is 11.1 Å². The molecule has 5 heteroatoms. The van der Waals surface area contributed by atoms with Gasteiger partial charge in [0.15, 0.2) is 0 Å². The summed E-state index contributed by atoms with van der Waals surface area (Å²) in [5.41, 5.74) is 4.60. The van der Waals surface area contributed by atoms with E-state index in [-0.39, 0.29) is 6.04 Å². The van der Waals surface area contributed by atoms with Gasteiger partial charge in [-0.1, -0.05) is 40.5 Å². The molecule has 3 nitrogen and oxygen atoms in total.